The van der Waals surface area contributed by atoms with Gasteiger partial charge in [-0.05, 0) is 29.8 Å². The van der Waals surface area contributed by atoms with Gasteiger partial charge in [-0.15, -0.1) is 0 Å². The van der Waals surface area contributed by atoms with Crippen LogP contribution in [0.25, 0.3) is 22.4 Å². The van der Waals surface area contributed by atoms with Crippen LogP contribution < -0.4 is 10.5 Å². The van der Waals surface area contributed by atoms with Crippen molar-refractivity contribution in [2.75, 3.05) is 7.11 Å². The minimum atomic E-state index is 0.477. The Morgan fingerprint density at radius 3 is 2.81 bits per heavy atom. The van der Waals surface area contributed by atoms with Crippen LogP contribution in [0.4, 0.5) is 0 Å². The van der Waals surface area contributed by atoms with E-state index in [0.717, 1.165) is 38.2 Å². The molecule has 0 atom stereocenters. The van der Waals surface area contributed by atoms with Crippen molar-refractivity contribution in [2.24, 2.45) is 12.8 Å². The predicted molar refractivity (Wildman–Crippen MR) is 88.3 cm³/mol. The maximum absolute atomic E-state index is 5.81. The van der Waals surface area contributed by atoms with Gasteiger partial charge >= 0.3 is 0 Å². The number of hydrogen-bond donors (Lipinski definition) is 1. The molecule has 0 saturated heterocycles. The molecule has 3 aromatic rings. The summed E-state index contributed by atoms with van der Waals surface area (Å²) in [5, 5.41) is 0. The zero-order valence-electron chi connectivity index (χ0n) is 11.9. The van der Waals surface area contributed by atoms with Gasteiger partial charge in [0.1, 0.15) is 11.6 Å². The third-order valence-corrected chi connectivity index (χ3v) is 4.11. The third-order valence-electron chi connectivity index (χ3n) is 3.62. The number of benzene rings is 2. The minimum Gasteiger partial charge on any atom is -0.496 e. The van der Waals surface area contributed by atoms with Gasteiger partial charge in [0, 0.05) is 18.1 Å². The molecule has 0 unspecified atom stereocenters. The van der Waals surface area contributed by atoms with Gasteiger partial charge in [0.2, 0.25) is 0 Å². The van der Waals surface area contributed by atoms with Crippen LogP contribution in [0.3, 0.4) is 0 Å². The Bertz CT molecular complexity index is 811. The van der Waals surface area contributed by atoms with Crippen LogP contribution in [0.1, 0.15) is 5.56 Å². The summed E-state index contributed by atoms with van der Waals surface area (Å²) in [5.41, 5.74) is 9.83. The second-order valence-electron chi connectivity index (χ2n) is 4.83. The molecule has 0 aliphatic carbocycles. The fourth-order valence-electron chi connectivity index (χ4n) is 2.53. The molecule has 108 valence electrons. The average molecular weight is 346 g/mol. The molecule has 2 aromatic carbocycles. The number of methoxy groups -OCH3 is 1. The van der Waals surface area contributed by atoms with Crippen LogP contribution in [0.5, 0.6) is 5.75 Å². The molecule has 0 radical (unpaired) electrons. The first-order chi connectivity index (χ1) is 10.2. The van der Waals surface area contributed by atoms with Crippen molar-refractivity contribution in [3.05, 3.63) is 46.4 Å². The predicted octanol–water partition coefficient (Wildman–Crippen LogP) is 3.47. The molecule has 1 heterocycles. The van der Waals surface area contributed by atoms with E-state index in [2.05, 4.69) is 26.6 Å². The van der Waals surface area contributed by atoms with E-state index in [-0.39, 0.29) is 0 Å². The van der Waals surface area contributed by atoms with Crippen molar-refractivity contribution >= 4 is 27.0 Å². The van der Waals surface area contributed by atoms with Gasteiger partial charge in [-0.1, -0.05) is 28.1 Å². The van der Waals surface area contributed by atoms with Gasteiger partial charge in [0.25, 0.3) is 0 Å². The topological polar surface area (TPSA) is 53.1 Å². The Morgan fingerprint density at radius 1 is 1.29 bits per heavy atom. The molecule has 4 nitrogen and oxygen atoms in total. The second-order valence-corrected chi connectivity index (χ2v) is 5.74. The van der Waals surface area contributed by atoms with Crippen LogP contribution >= 0.6 is 15.9 Å². The maximum Gasteiger partial charge on any atom is 0.144 e. The van der Waals surface area contributed by atoms with E-state index in [4.69, 9.17) is 15.5 Å². The number of fused-ring (bicyclic) bond motifs is 1. The highest BCUT2D eigenvalue weighted by molar-refractivity contribution is 9.10. The zero-order chi connectivity index (χ0) is 15.0. The number of halogens is 1. The van der Waals surface area contributed by atoms with E-state index in [1.165, 1.54) is 0 Å². The molecule has 0 amide bonds. The number of nitrogens with two attached hydrogens (primary N) is 1. The number of para-hydroxylation sites is 1. The van der Waals surface area contributed by atoms with Gasteiger partial charge < -0.3 is 15.0 Å². The van der Waals surface area contributed by atoms with Crippen LogP contribution in [0.2, 0.25) is 0 Å². The summed E-state index contributed by atoms with van der Waals surface area (Å²) >= 11 is 3.46. The lowest BCUT2D eigenvalue weighted by molar-refractivity contribution is 0.415. The Hall–Kier alpha value is -1.85. The molecule has 0 bridgehead atoms. The molecular formula is C16H16BrN3O. The third kappa shape index (κ3) is 2.32. The first kappa shape index (κ1) is 14.1. The number of rotatable bonds is 3. The van der Waals surface area contributed by atoms with Crippen molar-refractivity contribution in [3.8, 4) is 17.1 Å². The summed E-state index contributed by atoms with van der Waals surface area (Å²) in [7, 11) is 3.67. The lowest BCUT2D eigenvalue weighted by Crippen LogP contribution is -1.97. The van der Waals surface area contributed by atoms with E-state index >= 15 is 0 Å². The van der Waals surface area contributed by atoms with E-state index in [1.54, 1.807) is 7.11 Å². The van der Waals surface area contributed by atoms with Crippen molar-refractivity contribution in [2.45, 2.75) is 6.54 Å². The molecule has 0 fully saturated rings. The Labute approximate surface area is 131 Å². The fourth-order valence-corrected chi connectivity index (χ4v) is 2.87. The van der Waals surface area contributed by atoms with Crippen molar-refractivity contribution in [3.63, 3.8) is 0 Å². The minimum absolute atomic E-state index is 0.477. The molecule has 21 heavy (non-hydrogen) atoms. The summed E-state index contributed by atoms with van der Waals surface area (Å²) in [6.07, 6.45) is 0. The number of imidazole rings is 1. The van der Waals surface area contributed by atoms with Gasteiger partial charge in [-0.25, -0.2) is 4.98 Å². The lowest BCUT2D eigenvalue weighted by atomic mass is 10.2. The monoisotopic (exact) mass is 345 g/mol. The standard InChI is InChI=1S/C16H16BrN3O/c1-20-13-5-3-4-10(9-18)15(13)19-16(20)12-7-6-11(17)8-14(12)21-2/h3-8H,9,18H2,1-2H3. The molecule has 2 N–H and O–H groups in total. The molecule has 0 aliphatic rings. The first-order valence-electron chi connectivity index (χ1n) is 6.64. The number of aromatic nitrogens is 2. The second kappa shape index (κ2) is 5.50. The summed E-state index contributed by atoms with van der Waals surface area (Å²) in [5.74, 6) is 1.66. The van der Waals surface area contributed by atoms with E-state index in [1.807, 2.05) is 37.4 Å². The number of nitrogens with zero attached hydrogens (tertiary/aromatic N) is 2. The lowest BCUT2D eigenvalue weighted by Gasteiger charge is -2.09. The molecule has 3 rings (SSSR count). The largest absolute Gasteiger partial charge is 0.496 e. The van der Waals surface area contributed by atoms with Crippen LogP contribution in [-0.4, -0.2) is 16.7 Å². The Morgan fingerprint density at radius 2 is 2.10 bits per heavy atom. The quantitative estimate of drug-likeness (QED) is 0.790. The van der Waals surface area contributed by atoms with Crippen molar-refractivity contribution in [1.29, 1.82) is 0 Å². The first-order valence-corrected chi connectivity index (χ1v) is 7.43. The summed E-state index contributed by atoms with van der Waals surface area (Å²) in [4.78, 5) is 4.78. The van der Waals surface area contributed by atoms with Crippen LogP contribution in [-0.2, 0) is 13.6 Å². The highest BCUT2D eigenvalue weighted by atomic mass is 79.9. The molecule has 0 saturated carbocycles. The van der Waals surface area contributed by atoms with Crippen LogP contribution in [0.15, 0.2) is 40.9 Å². The molecule has 1 aromatic heterocycles. The Kier molecular flexibility index (Phi) is 3.69. The normalized spacial score (nSPS) is 11.0. The summed E-state index contributed by atoms with van der Waals surface area (Å²) in [6.45, 7) is 0.477. The van der Waals surface area contributed by atoms with Gasteiger partial charge in [-0.3, -0.25) is 0 Å². The smallest absolute Gasteiger partial charge is 0.144 e. The highest BCUT2D eigenvalue weighted by Gasteiger charge is 2.15. The molecular weight excluding hydrogens is 330 g/mol. The van der Waals surface area contributed by atoms with Gasteiger partial charge in [0.05, 0.1) is 23.7 Å². The van der Waals surface area contributed by atoms with Crippen molar-refractivity contribution in [1.82, 2.24) is 9.55 Å². The van der Waals surface area contributed by atoms with Crippen LogP contribution in [0, 0.1) is 0 Å². The maximum atomic E-state index is 5.81. The highest BCUT2D eigenvalue weighted by Crippen LogP contribution is 2.34. The van der Waals surface area contributed by atoms with E-state index in [9.17, 15) is 0 Å². The molecule has 5 heteroatoms. The fraction of sp³-hybridized carbons (Fsp3) is 0.188. The summed E-state index contributed by atoms with van der Waals surface area (Å²) < 4.78 is 8.53. The SMILES string of the molecule is COc1cc(Br)ccc1-c1nc2c(CN)cccc2n1C. The van der Waals surface area contributed by atoms with Gasteiger partial charge in [-0.2, -0.15) is 0 Å². The molecule has 0 aliphatic heterocycles. The van der Waals surface area contributed by atoms with E-state index < -0.39 is 0 Å². The number of aryl methyl sites for hydroxylation is 1. The summed E-state index contributed by atoms with van der Waals surface area (Å²) in [6, 6.07) is 12.0. The van der Waals surface area contributed by atoms with Crippen molar-refractivity contribution < 1.29 is 4.74 Å². The zero-order valence-corrected chi connectivity index (χ0v) is 13.5. The number of hydrogen-bond acceptors (Lipinski definition) is 3. The number of ether oxygens (including phenoxy) is 1. The van der Waals surface area contributed by atoms with E-state index in [0.29, 0.717) is 6.54 Å². The Balaban J connectivity index is 2.28. The average Bonchev–Trinajstić information content (AvgIpc) is 2.84. The molecule has 0 spiro atoms. The van der Waals surface area contributed by atoms with Gasteiger partial charge in [0.15, 0.2) is 0 Å².